The van der Waals surface area contributed by atoms with Gasteiger partial charge in [-0.15, -0.1) is 0 Å². The van der Waals surface area contributed by atoms with Crippen molar-refractivity contribution in [2.45, 2.75) is 26.7 Å². The van der Waals surface area contributed by atoms with Crippen molar-refractivity contribution in [1.29, 1.82) is 0 Å². The summed E-state index contributed by atoms with van der Waals surface area (Å²) in [6, 6.07) is 0. The zero-order chi connectivity index (χ0) is 7.56. The second kappa shape index (κ2) is 2.87. The molecule has 0 amide bonds. The van der Waals surface area contributed by atoms with Gasteiger partial charge in [0.15, 0.2) is 0 Å². The zero-order valence-electron chi connectivity index (χ0n) is 6.78. The van der Waals surface area contributed by atoms with Gasteiger partial charge in [-0.25, -0.2) is 0 Å². The van der Waals surface area contributed by atoms with Crippen molar-refractivity contribution in [3.63, 3.8) is 0 Å². The van der Waals surface area contributed by atoms with Crippen LogP contribution in [0.2, 0.25) is 0 Å². The van der Waals surface area contributed by atoms with Crippen LogP contribution in [-0.2, 0) is 0 Å². The van der Waals surface area contributed by atoms with Gasteiger partial charge in [-0.3, -0.25) is 0 Å². The quantitative estimate of drug-likeness (QED) is 0.509. The molecule has 0 spiro atoms. The normalized spacial score (nSPS) is 16.6. The van der Waals surface area contributed by atoms with E-state index < -0.39 is 0 Å². The van der Waals surface area contributed by atoms with Crippen molar-refractivity contribution >= 4 is 0 Å². The molecule has 0 unspecified atom stereocenters. The second-order valence-electron chi connectivity index (χ2n) is 3.05. The topological polar surface area (TPSA) is 0 Å². The molecule has 0 aromatic heterocycles. The van der Waals surface area contributed by atoms with E-state index in [1.54, 1.807) is 0 Å². The third-order valence-corrected chi connectivity index (χ3v) is 1.78. The van der Waals surface area contributed by atoms with E-state index in [-0.39, 0.29) is 0 Å². The highest BCUT2D eigenvalue weighted by molar-refractivity contribution is 5.35. The minimum absolute atomic E-state index is 1.06. The third-order valence-electron chi connectivity index (χ3n) is 1.78. The number of allylic oxidation sites excluding steroid dienone is 5. The Balaban J connectivity index is 2.63. The van der Waals surface area contributed by atoms with Crippen LogP contribution in [0.3, 0.4) is 0 Å². The molecule has 0 atom stereocenters. The smallest absolute Gasteiger partial charge is 0.00731 e. The van der Waals surface area contributed by atoms with Crippen LogP contribution < -0.4 is 0 Å². The molecule has 54 valence electrons. The molecule has 0 nitrogen and oxygen atoms in total. The lowest BCUT2D eigenvalue weighted by Crippen LogP contribution is -1.80. The van der Waals surface area contributed by atoms with Crippen LogP contribution in [0.15, 0.2) is 35.5 Å². The van der Waals surface area contributed by atoms with Gasteiger partial charge in [0.1, 0.15) is 0 Å². The minimum Gasteiger partial charge on any atom is -0.0998 e. The summed E-state index contributed by atoms with van der Waals surface area (Å²) in [7, 11) is 0. The maximum Gasteiger partial charge on any atom is -0.00731 e. The van der Waals surface area contributed by atoms with Crippen LogP contribution >= 0.6 is 0 Å². The van der Waals surface area contributed by atoms with E-state index in [0.29, 0.717) is 0 Å². The third kappa shape index (κ3) is 1.60. The van der Waals surface area contributed by atoms with Crippen molar-refractivity contribution in [2.24, 2.45) is 0 Å². The van der Waals surface area contributed by atoms with Gasteiger partial charge in [0.05, 0.1) is 0 Å². The van der Waals surface area contributed by atoms with Gasteiger partial charge in [-0.2, -0.15) is 0 Å². The van der Waals surface area contributed by atoms with Crippen LogP contribution in [0.25, 0.3) is 0 Å². The molecule has 0 radical (unpaired) electrons. The average molecular weight is 134 g/mol. The predicted molar refractivity (Wildman–Crippen MR) is 45.9 cm³/mol. The van der Waals surface area contributed by atoms with Crippen LogP contribution in [0.5, 0.6) is 0 Å². The van der Waals surface area contributed by atoms with Crippen molar-refractivity contribution in [3.8, 4) is 0 Å². The molecular formula is C10H14. The fourth-order valence-electron chi connectivity index (χ4n) is 1.19. The molecule has 10 heavy (non-hydrogen) atoms. The van der Waals surface area contributed by atoms with Crippen molar-refractivity contribution in [3.05, 3.63) is 35.5 Å². The second-order valence-corrected chi connectivity index (χ2v) is 3.05. The lowest BCUT2D eigenvalue weighted by Gasteiger charge is -2.00. The molecule has 1 aliphatic rings. The molecule has 0 aliphatic heterocycles. The zero-order valence-corrected chi connectivity index (χ0v) is 6.78. The first kappa shape index (κ1) is 7.33. The summed E-state index contributed by atoms with van der Waals surface area (Å²) < 4.78 is 0. The fourth-order valence-corrected chi connectivity index (χ4v) is 1.19. The minimum atomic E-state index is 1.06. The van der Waals surface area contributed by atoms with Gasteiger partial charge in [-0.1, -0.05) is 29.9 Å². The Hall–Kier alpha value is -0.780. The molecule has 0 heterocycles. The van der Waals surface area contributed by atoms with Gasteiger partial charge in [0.25, 0.3) is 0 Å². The highest BCUT2D eigenvalue weighted by atomic mass is 14.1. The summed E-state index contributed by atoms with van der Waals surface area (Å²) in [6.07, 6.45) is 6.63. The molecule has 0 heteroatoms. The lowest BCUT2D eigenvalue weighted by atomic mass is 10.1. The van der Waals surface area contributed by atoms with Crippen molar-refractivity contribution < 1.29 is 0 Å². The Kier molecular flexibility index (Phi) is 2.10. The monoisotopic (exact) mass is 134 g/mol. The van der Waals surface area contributed by atoms with E-state index in [0.717, 1.165) is 12.8 Å². The Labute approximate surface area is 62.9 Å². The standard InChI is InChI=1S/C10H14/c1-8(2)7-10-6-4-5-9(10)3/h4,6H,1,5,7H2,2-3H3. The molecule has 0 saturated heterocycles. The van der Waals surface area contributed by atoms with Gasteiger partial charge in [0, 0.05) is 0 Å². The van der Waals surface area contributed by atoms with Gasteiger partial charge < -0.3 is 0 Å². The Bertz CT molecular complexity index is 204. The summed E-state index contributed by atoms with van der Waals surface area (Å²) in [6.45, 7) is 8.15. The van der Waals surface area contributed by atoms with Crippen LogP contribution in [0, 0.1) is 0 Å². The molecule has 0 bridgehead atoms. The largest absolute Gasteiger partial charge is 0.0998 e. The highest BCUT2D eigenvalue weighted by Crippen LogP contribution is 2.23. The van der Waals surface area contributed by atoms with Crippen molar-refractivity contribution in [1.82, 2.24) is 0 Å². The molecule has 0 saturated carbocycles. The molecule has 0 fully saturated rings. The fraction of sp³-hybridized carbons (Fsp3) is 0.400. The molecular weight excluding hydrogens is 120 g/mol. The summed E-state index contributed by atoms with van der Waals surface area (Å²) in [5.41, 5.74) is 4.22. The van der Waals surface area contributed by atoms with Gasteiger partial charge in [0.2, 0.25) is 0 Å². The number of rotatable bonds is 2. The van der Waals surface area contributed by atoms with Crippen LogP contribution in [0.4, 0.5) is 0 Å². The first-order valence-corrected chi connectivity index (χ1v) is 3.69. The van der Waals surface area contributed by atoms with E-state index in [1.165, 1.54) is 16.7 Å². The summed E-state index contributed by atoms with van der Waals surface area (Å²) >= 11 is 0. The maximum atomic E-state index is 3.88. The first-order chi connectivity index (χ1) is 4.70. The van der Waals surface area contributed by atoms with E-state index in [9.17, 15) is 0 Å². The Morgan fingerprint density at radius 3 is 2.80 bits per heavy atom. The summed E-state index contributed by atoms with van der Waals surface area (Å²) in [5, 5.41) is 0. The molecule has 1 rings (SSSR count). The molecule has 0 aromatic rings. The molecule has 1 aliphatic carbocycles. The first-order valence-electron chi connectivity index (χ1n) is 3.69. The highest BCUT2D eigenvalue weighted by Gasteiger charge is 2.03. The summed E-state index contributed by atoms with van der Waals surface area (Å²) in [5.74, 6) is 0. The van der Waals surface area contributed by atoms with E-state index in [2.05, 4.69) is 32.6 Å². The van der Waals surface area contributed by atoms with Gasteiger partial charge in [-0.05, 0) is 32.3 Å². The SMILES string of the molecule is C=C(C)CC1=C(C)CC=C1. The Morgan fingerprint density at radius 1 is 1.70 bits per heavy atom. The van der Waals surface area contributed by atoms with Crippen LogP contribution in [0.1, 0.15) is 26.7 Å². The average Bonchev–Trinajstić information content (AvgIpc) is 2.15. The van der Waals surface area contributed by atoms with Gasteiger partial charge >= 0.3 is 0 Å². The van der Waals surface area contributed by atoms with E-state index in [4.69, 9.17) is 0 Å². The molecule has 0 aromatic carbocycles. The summed E-state index contributed by atoms with van der Waals surface area (Å²) in [4.78, 5) is 0. The maximum absolute atomic E-state index is 3.88. The van der Waals surface area contributed by atoms with Crippen LogP contribution in [-0.4, -0.2) is 0 Å². The van der Waals surface area contributed by atoms with Crippen molar-refractivity contribution in [2.75, 3.05) is 0 Å². The number of hydrogen-bond donors (Lipinski definition) is 0. The van der Waals surface area contributed by atoms with E-state index in [1.807, 2.05) is 0 Å². The number of hydrogen-bond acceptors (Lipinski definition) is 0. The predicted octanol–water partition coefficient (Wildman–Crippen LogP) is 3.23. The molecule has 0 N–H and O–H groups in total. The Morgan fingerprint density at radius 2 is 2.40 bits per heavy atom. The lowest BCUT2D eigenvalue weighted by molar-refractivity contribution is 1.11. The van der Waals surface area contributed by atoms with E-state index >= 15 is 0 Å².